The molecule has 0 spiro atoms. The van der Waals surface area contributed by atoms with Crippen LogP contribution in [0.2, 0.25) is 0 Å². The van der Waals surface area contributed by atoms with E-state index in [9.17, 15) is 9.59 Å². The molecule has 1 aliphatic rings. The van der Waals surface area contributed by atoms with E-state index in [0.29, 0.717) is 18.8 Å². The molecule has 1 fully saturated rings. The van der Waals surface area contributed by atoms with Crippen molar-refractivity contribution < 1.29 is 4.79 Å². The number of carbonyl (C=O) groups is 1. The number of amides is 1. The van der Waals surface area contributed by atoms with Gasteiger partial charge in [0.05, 0.1) is 0 Å². The van der Waals surface area contributed by atoms with Gasteiger partial charge in [-0.3, -0.25) is 14.6 Å². The summed E-state index contributed by atoms with van der Waals surface area (Å²) in [4.78, 5) is 37.1. The van der Waals surface area contributed by atoms with Crippen molar-refractivity contribution >= 4 is 11.7 Å². The Balaban J connectivity index is 1.46. The molecule has 1 amide bonds. The Kier molecular flexibility index (Phi) is 5.77. The Morgan fingerprint density at radius 1 is 1.32 bits per heavy atom. The van der Waals surface area contributed by atoms with E-state index in [1.807, 2.05) is 23.1 Å². The first kappa shape index (κ1) is 17.1. The molecule has 2 N–H and O–H groups in total. The first-order valence-corrected chi connectivity index (χ1v) is 8.70. The summed E-state index contributed by atoms with van der Waals surface area (Å²) in [6, 6.07) is 5.87. The Hall–Kier alpha value is -2.70. The second-order valence-corrected chi connectivity index (χ2v) is 6.27. The molecule has 7 heteroatoms. The molecule has 2 aromatic heterocycles. The standard InChI is InChI=1S/C18H23N5O2/c24-16(8-3-6-14-5-1-2-9-19-14)22-15-7-4-12-23(13-15)17-18(25)21-11-10-20-17/h1-2,5,9-11,15H,3-4,6-8,12-13H2,(H,21,25)(H,22,24). The average Bonchev–Trinajstić information content (AvgIpc) is 2.63. The number of hydrogen-bond acceptors (Lipinski definition) is 5. The minimum absolute atomic E-state index is 0.0532. The van der Waals surface area contributed by atoms with Crippen LogP contribution >= 0.6 is 0 Å². The van der Waals surface area contributed by atoms with Crippen LogP contribution < -0.4 is 15.8 Å². The molecule has 2 aromatic rings. The van der Waals surface area contributed by atoms with Crippen molar-refractivity contribution in [3.8, 4) is 0 Å². The second kappa shape index (κ2) is 8.41. The fraction of sp³-hybridized carbons (Fsp3) is 0.444. The van der Waals surface area contributed by atoms with Crippen molar-refractivity contribution in [3.63, 3.8) is 0 Å². The first-order valence-electron chi connectivity index (χ1n) is 8.70. The second-order valence-electron chi connectivity index (χ2n) is 6.27. The molecule has 7 nitrogen and oxygen atoms in total. The lowest BCUT2D eigenvalue weighted by molar-refractivity contribution is -0.121. The van der Waals surface area contributed by atoms with Crippen molar-refractivity contribution in [2.45, 2.75) is 38.1 Å². The van der Waals surface area contributed by atoms with Gasteiger partial charge >= 0.3 is 0 Å². The Bertz CT molecular complexity index is 746. The minimum Gasteiger partial charge on any atom is -0.352 e. The fourth-order valence-corrected chi connectivity index (χ4v) is 3.13. The largest absolute Gasteiger partial charge is 0.352 e. The van der Waals surface area contributed by atoms with Gasteiger partial charge in [-0.2, -0.15) is 0 Å². The number of aromatic amines is 1. The number of aromatic nitrogens is 3. The molecule has 0 saturated carbocycles. The summed E-state index contributed by atoms with van der Waals surface area (Å²) in [5, 5.41) is 3.08. The maximum atomic E-state index is 12.2. The molecule has 132 valence electrons. The molecule has 0 aromatic carbocycles. The Labute approximate surface area is 146 Å². The number of aryl methyl sites for hydroxylation is 1. The predicted octanol–water partition coefficient (Wildman–Crippen LogP) is 1.27. The quantitative estimate of drug-likeness (QED) is 0.826. The van der Waals surface area contributed by atoms with Crippen molar-refractivity contribution in [2.75, 3.05) is 18.0 Å². The highest BCUT2D eigenvalue weighted by atomic mass is 16.1. The van der Waals surface area contributed by atoms with Gasteiger partial charge in [-0.1, -0.05) is 6.07 Å². The summed E-state index contributed by atoms with van der Waals surface area (Å²) in [5.74, 6) is 0.481. The Morgan fingerprint density at radius 3 is 3.04 bits per heavy atom. The highest BCUT2D eigenvalue weighted by Crippen LogP contribution is 2.14. The van der Waals surface area contributed by atoms with Gasteiger partial charge in [-0.05, 0) is 37.8 Å². The molecular weight excluding hydrogens is 318 g/mol. The zero-order valence-corrected chi connectivity index (χ0v) is 14.1. The number of pyridine rings is 1. The monoisotopic (exact) mass is 341 g/mol. The number of piperidine rings is 1. The van der Waals surface area contributed by atoms with E-state index in [-0.39, 0.29) is 17.5 Å². The third-order valence-electron chi connectivity index (χ3n) is 4.34. The molecule has 1 atom stereocenters. The van der Waals surface area contributed by atoms with E-state index in [4.69, 9.17) is 0 Å². The van der Waals surface area contributed by atoms with Crippen LogP contribution in [0.25, 0.3) is 0 Å². The lowest BCUT2D eigenvalue weighted by Crippen LogP contribution is -2.49. The van der Waals surface area contributed by atoms with Gasteiger partial charge < -0.3 is 15.2 Å². The van der Waals surface area contributed by atoms with Crippen LogP contribution in [-0.4, -0.2) is 40.0 Å². The molecule has 1 aliphatic heterocycles. The van der Waals surface area contributed by atoms with Crippen LogP contribution in [0.3, 0.4) is 0 Å². The van der Waals surface area contributed by atoms with Crippen molar-refractivity contribution in [1.29, 1.82) is 0 Å². The van der Waals surface area contributed by atoms with Crippen molar-refractivity contribution in [1.82, 2.24) is 20.3 Å². The first-order chi connectivity index (χ1) is 12.2. The molecular formula is C18H23N5O2. The lowest BCUT2D eigenvalue weighted by Gasteiger charge is -2.33. The summed E-state index contributed by atoms with van der Waals surface area (Å²) in [6.45, 7) is 1.40. The molecule has 3 heterocycles. The average molecular weight is 341 g/mol. The van der Waals surface area contributed by atoms with Crippen LogP contribution in [0.1, 0.15) is 31.4 Å². The molecule has 0 radical (unpaired) electrons. The maximum Gasteiger partial charge on any atom is 0.290 e. The van der Waals surface area contributed by atoms with Gasteiger partial charge in [0.25, 0.3) is 5.56 Å². The zero-order valence-electron chi connectivity index (χ0n) is 14.1. The molecule has 25 heavy (non-hydrogen) atoms. The third-order valence-corrected chi connectivity index (χ3v) is 4.34. The van der Waals surface area contributed by atoms with Crippen LogP contribution in [0.15, 0.2) is 41.6 Å². The maximum absolute atomic E-state index is 12.2. The summed E-state index contributed by atoms with van der Waals surface area (Å²) < 4.78 is 0. The van der Waals surface area contributed by atoms with Gasteiger partial charge in [0, 0.05) is 49.8 Å². The number of anilines is 1. The summed E-state index contributed by atoms with van der Waals surface area (Å²) in [5.41, 5.74) is 0.818. The highest BCUT2D eigenvalue weighted by molar-refractivity contribution is 5.76. The number of nitrogens with one attached hydrogen (secondary N) is 2. The highest BCUT2D eigenvalue weighted by Gasteiger charge is 2.23. The van der Waals surface area contributed by atoms with Gasteiger partial charge in [-0.25, -0.2) is 4.98 Å². The smallest absolute Gasteiger partial charge is 0.290 e. The predicted molar refractivity (Wildman–Crippen MR) is 95.4 cm³/mol. The molecule has 1 saturated heterocycles. The van der Waals surface area contributed by atoms with E-state index in [2.05, 4.69) is 20.3 Å². The van der Waals surface area contributed by atoms with Gasteiger partial charge in [0.2, 0.25) is 5.91 Å². The van der Waals surface area contributed by atoms with Crippen LogP contribution in [0.5, 0.6) is 0 Å². The normalized spacial score (nSPS) is 17.3. The number of carbonyl (C=O) groups excluding carboxylic acids is 1. The molecule has 1 unspecified atom stereocenters. The SMILES string of the molecule is O=C(CCCc1ccccn1)NC1CCCN(c2ncc[nH]c2=O)C1. The van der Waals surface area contributed by atoms with Crippen molar-refractivity contribution in [2.24, 2.45) is 0 Å². The van der Waals surface area contributed by atoms with E-state index in [0.717, 1.165) is 37.9 Å². The van der Waals surface area contributed by atoms with E-state index < -0.39 is 0 Å². The summed E-state index contributed by atoms with van der Waals surface area (Å²) >= 11 is 0. The minimum atomic E-state index is -0.190. The summed E-state index contributed by atoms with van der Waals surface area (Å²) in [7, 11) is 0. The zero-order chi connectivity index (χ0) is 17.5. The molecule has 0 aliphatic carbocycles. The third kappa shape index (κ3) is 4.89. The molecule has 3 rings (SSSR count). The van der Waals surface area contributed by atoms with E-state index in [1.54, 1.807) is 12.4 Å². The van der Waals surface area contributed by atoms with E-state index in [1.165, 1.54) is 6.20 Å². The number of hydrogen-bond donors (Lipinski definition) is 2. The van der Waals surface area contributed by atoms with Gasteiger partial charge in [0.15, 0.2) is 5.82 Å². The number of nitrogens with zero attached hydrogens (tertiary/aromatic N) is 3. The number of rotatable bonds is 6. The van der Waals surface area contributed by atoms with E-state index >= 15 is 0 Å². The van der Waals surface area contributed by atoms with Gasteiger partial charge in [-0.15, -0.1) is 0 Å². The number of H-pyrrole nitrogens is 1. The van der Waals surface area contributed by atoms with Crippen molar-refractivity contribution in [3.05, 3.63) is 52.8 Å². The van der Waals surface area contributed by atoms with Crippen LogP contribution in [-0.2, 0) is 11.2 Å². The van der Waals surface area contributed by atoms with Crippen LogP contribution in [0, 0.1) is 0 Å². The van der Waals surface area contributed by atoms with Crippen LogP contribution in [0.4, 0.5) is 5.82 Å². The Morgan fingerprint density at radius 2 is 2.24 bits per heavy atom. The molecule has 0 bridgehead atoms. The fourth-order valence-electron chi connectivity index (χ4n) is 3.13. The van der Waals surface area contributed by atoms with Gasteiger partial charge in [0.1, 0.15) is 0 Å². The topological polar surface area (TPSA) is 91.0 Å². The summed E-state index contributed by atoms with van der Waals surface area (Å²) in [6.07, 6.45) is 8.78. The lowest BCUT2D eigenvalue weighted by atomic mass is 10.1.